The van der Waals surface area contributed by atoms with E-state index >= 15 is 0 Å². The first kappa shape index (κ1) is 18.7. The third kappa shape index (κ3) is 4.90. The molecule has 0 unspecified atom stereocenters. The van der Waals surface area contributed by atoms with E-state index in [1.807, 2.05) is 0 Å². The number of ether oxygens (including phenoxy) is 1. The lowest BCUT2D eigenvalue weighted by molar-refractivity contribution is -0.137. The number of rotatable bonds is 4. The molecule has 1 N–H and O–H groups in total. The number of amides is 1. The maximum Gasteiger partial charge on any atom is 0.417 e. The summed E-state index contributed by atoms with van der Waals surface area (Å²) in [6.45, 7) is 1.29. The summed E-state index contributed by atoms with van der Waals surface area (Å²) < 4.78 is 42.6. The van der Waals surface area contributed by atoms with E-state index in [1.165, 1.54) is 19.2 Å². The van der Waals surface area contributed by atoms with Gasteiger partial charge in [0.15, 0.2) is 11.9 Å². The molecule has 0 aliphatic heterocycles. The van der Waals surface area contributed by atoms with Crippen molar-refractivity contribution in [2.75, 3.05) is 5.32 Å². The molecule has 2 aromatic rings. The van der Waals surface area contributed by atoms with Crippen molar-refractivity contribution in [2.24, 2.45) is 0 Å². The van der Waals surface area contributed by atoms with Crippen molar-refractivity contribution >= 4 is 29.3 Å². The number of halogens is 4. The molecular formula is C15H11ClF3N3O3. The average Bonchev–Trinajstić information content (AvgIpc) is 2.56. The maximum atomic E-state index is 12.5. The van der Waals surface area contributed by atoms with E-state index in [0.717, 1.165) is 0 Å². The Morgan fingerprint density at radius 2 is 2.00 bits per heavy atom. The van der Waals surface area contributed by atoms with Crippen LogP contribution in [0.15, 0.2) is 36.7 Å². The second kappa shape index (κ2) is 7.47. The molecule has 0 saturated carbocycles. The number of alkyl halides is 3. The van der Waals surface area contributed by atoms with Crippen LogP contribution in [-0.4, -0.2) is 27.9 Å². The Balaban J connectivity index is 2.03. The Morgan fingerprint density at radius 3 is 2.56 bits per heavy atom. The zero-order chi connectivity index (χ0) is 18.6. The van der Waals surface area contributed by atoms with Crippen LogP contribution in [0.4, 0.5) is 19.0 Å². The van der Waals surface area contributed by atoms with E-state index in [9.17, 15) is 22.8 Å². The number of nitrogens with zero attached hydrogens (tertiary/aromatic N) is 2. The van der Waals surface area contributed by atoms with Gasteiger partial charge in [-0.3, -0.25) is 4.79 Å². The van der Waals surface area contributed by atoms with Crippen LogP contribution in [0.2, 0.25) is 5.02 Å². The Morgan fingerprint density at radius 1 is 1.28 bits per heavy atom. The van der Waals surface area contributed by atoms with Gasteiger partial charge in [0.1, 0.15) is 5.69 Å². The molecule has 0 saturated heterocycles. The Kier molecular flexibility index (Phi) is 5.58. The summed E-state index contributed by atoms with van der Waals surface area (Å²) >= 11 is 5.69. The molecule has 25 heavy (non-hydrogen) atoms. The molecular weight excluding hydrogens is 363 g/mol. The second-order valence-electron chi connectivity index (χ2n) is 4.80. The highest BCUT2D eigenvalue weighted by Crippen LogP contribution is 2.32. The number of aromatic nitrogens is 2. The maximum absolute atomic E-state index is 12.5. The van der Waals surface area contributed by atoms with Crippen molar-refractivity contribution in [3.8, 4) is 0 Å². The quantitative estimate of drug-likeness (QED) is 0.831. The standard InChI is InChI=1S/C15H11ClF3N3O3/c1-8(25-14(24)11-4-2-3-5-20-11)13(23)22-12-10(16)6-9(7-21-12)15(17,18)19/h2-8H,1H3,(H,21,22,23)/t8-/m1/s1. The molecule has 1 amide bonds. The highest BCUT2D eigenvalue weighted by atomic mass is 35.5. The van der Waals surface area contributed by atoms with Crippen molar-refractivity contribution in [3.05, 3.63) is 52.9 Å². The van der Waals surface area contributed by atoms with Crippen molar-refractivity contribution < 1.29 is 27.5 Å². The van der Waals surface area contributed by atoms with E-state index < -0.39 is 34.7 Å². The molecule has 6 nitrogen and oxygen atoms in total. The minimum Gasteiger partial charge on any atom is -0.448 e. The third-order valence-electron chi connectivity index (χ3n) is 2.94. The van der Waals surface area contributed by atoms with E-state index in [-0.39, 0.29) is 11.5 Å². The fourth-order valence-corrected chi connectivity index (χ4v) is 1.87. The first-order chi connectivity index (χ1) is 11.7. The number of hydrogen-bond donors (Lipinski definition) is 1. The molecule has 0 aliphatic rings. The van der Waals surface area contributed by atoms with Gasteiger partial charge in [-0.05, 0) is 25.1 Å². The van der Waals surface area contributed by atoms with Gasteiger partial charge in [0, 0.05) is 12.4 Å². The summed E-state index contributed by atoms with van der Waals surface area (Å²) in [5.41, 5.74) is -1.04. The van der Waals surface area contributed by atoms with Crippen LogP contribution in [0.1, 0.15) is 23.0 Å². The fraction of sp³-hybridized carbons (Fsp3) is 0.200. The molecule has 0 spiro atoms. The SMILES string of the molecule is C[C@@H](OC(=O)c1ccccn1)C(=O)Nc1ncc(C(F)(F)F)cc1Cl. The van der Waals surface area contributed by atoms with Crippen LogP contribution in [0.5, 0.6) is 0 Å². The molecule has 132 valence electrons. The van der Waals surface area contributed by atoms with Gasteiger partial charge in [0.25, 0.3) is 5.91 Å². The molecule has 0 bridgehead atoms. The summed E-state index contributed by atoms with van der Waals surface area (Å²) in [6.07, 6.45) is -3.93. The monoisotopic (exact) mass is 373 g/mol. The zero-order valence-electron chi connectivity index (χ0n) is 12.7. The van der Waals surface area contributed by atoms with Gasteiger partial charge in [-0.25, -0.2) is 14.8 Å². The Bertz CT molecular complexity index is 785. The lowest BCUT2D eigenvalue weighted by Crippen LogP contribution is -2.30. The fourth-order valence-electron chi connectivity index (χ4n) is 1.66. The average molecular weight is 374 g/mol. The molecule has 10 heteroatoms. The van der Waals surface area contributed by atoms with Gasteiger partial charge in [-0.15, -0.1) is 0 Å². The number of anilines is 1. The largest absolute Gasteiger partial charge is 0.448 e. The number of hydrogen-bond acceptors (Lipinski definition) is 5. The second-order valence-corrected chi connectivity index (χ2v) is 5.21. The predicted octanol–water partition coefficient (Wildman–Crippen LogP) is 3.33. The van der Waals surface area contributed by atoms with Gasteiger partial charge in [-0.2, -0.15) is 13.2 Å². The van der Waals surface area contributed by atoms with Crippen LogP contribution in [-0.2, 0) is 15.7 Å². The molecule has 2 aromatic heterocycles. The first-order valence-corrected chi connectivity index (χ1v) is 7.22. The van der Waals surface area contributed by atoms with Gasteiger partial charge in [-0.1, -0.05) is 17.7 Å². The van der Waals surface area contributed by atoms with Gasteiger partial charge in [0.05, 0.1) is 10.6 Å². The van der Waals surface area contributed by atoms with E-state index in [4.69, 9.17) is 16.3 Å². The minimum absolute atomic E-state index is 0.00726. The van der Waals surface area contributed by atoms with Crippen LogP contribution in [0.3, 0.4) is 0 Å². The number of nitrogens with one attached hydrogen (secondary N) is 1. The molecule has 0 fully saturated rings. The van der Waals surface area contributed by atoms with E-state index in [2.05, 4.69) is 15.3 Å². The topological polar surface area (TPSA) is 81.2 Å². The third-order valence-corrected chi connectivity index (χ3v) is 3.23. The van der Waals surface area contributed by atoms with Crippen molar-refractivity contribution in [1.29, 1.82) is 0 Å². The van der Waals surface area contributed by atoms with Crippen molar-refractivity contribution in [1.82, 2.24) is 9.97 Å². The van der Waals surface area contributed by atoms with E-state index in [1.54, 1.807) is 12.1 Å². The summed E-state index contributed by atoms with van der Waals surface area (Å²) in [4.78, 5) is 31.0. The van der Waals surface area contributed by atoms with Gasteiger partial charge >= 0.3 is 12.1 Å². The highest BCUT2D eigenvalue weighted by molar-refractivity contribution is 6.33. The number of carbonyl (C=O) groups is 2. The zero-order valence-corrected chi connectivity index (χ0v) is 13.4. The Hall–Kier alpha value is -2.68. The predicted molar refractivity (Wildman–Crippen MR) is 82.0 cm³/mol. The van der Waals surface area contributed by atoms with Gasteiger partial charge in [0.2, 0.25) is 0 Å². The molecule has 2 heterocycles. The lowest BCUT2D eigenvalue weighted by atomic mass is 10.2. The smallest absolute Gasteiger partial charge is 0.417 e. The van der Waals surface area contributed by atoms with Crippen molar-refractivity contribution in [3.63, 3.8) is 0 Å². The number of carbonyl (C=O) groups excluding carboxylic acids is 2. The summed E-state index contributed by atoms with van der Waals surface area (Å²) in [5.74, 6) is -1.91. The minimum atomic E-state index is -4.61. The number of esters is 1. The van der Waals surface area contributed by atoms with Crippen LogP contribution in [0.25, 0.3) is 0 Å². The summed E-state index contributed by atoms with van der Waals surface area (Å²) in [7, 11) is 0. The van der Waals surface area contributed by atoms with Crippen molar-refractivity contribution in [2.45, 2.75) is 19.2 Å². The molecule has 1 atom stereocenters. The van der Waals surface area contributed by atoms with E-state index in [0.29, 0.717) is 12.3 Å². The van der Waals surface area contributed by atoms with Crippen LogP contribution >= 0.6 is 11.6 Å². The molecule has 0 aliphatic carbocycles. The summed E-state index contributed by atoms with van der Waals surface area (Å²) in [5, 5.41) is 1.80. The Labute approximate surface area is 145 Å². The van der Waals surface area contributed by atoms with Crippen LogP contribution < -0.4 is 5.32 Å². The molecule has 0 radical (unpaired) electrons. The molecule has 0 aromatic carbocycles. The normalized spacial score (nSPS) is 12.4. The van der Waals surface area contributed by atoms with Crippen LogP contribution in [0, 0.1) is 0 Å². The first-order valence-electron chi connectivity index (χ1n) is 6.84. The lowest BCUT2D eigenvalue weighted by Gasteiger charge is -2.14. The number of pyridine rings is 2. The highest BCUT2D eigenvalue weighted by Gasteiger charge is 2.32. The molecule has 2 rings (SSSR count). The summed E-state index contributed by atoms with van der Waals surface area (Å²) in [6, 6.07) is 5.21. The van der Waals surface area contributed by atoms with Gasteiger partial charge < -0.3 is 10.1 Å².